The molecule has 0 aliphatic heterocycles. The van der Waals surface area contributed by atoms with E-state index in [1.165, 1.54) is 23.4 Å². The van der Waals surface area contributed by atoms with Crippen LogP contribution in [0.25, 0.3) is 0 Å². The van der Waals surface area contributed by atoms with E-state index in [0.29, 0.717) is 11.6 Å². The molecule has 0 unspecified atom stereocenters. The number of anilines is 1. The van der Waals surface area contributed by atoms with E-state index in [1.807, 2.05) is 12.1 Å². The van der Waals surface area contributed by atoms with E-state index in [9.17, 15) is 4.39 Å². The number of aryl methyl sites for hydroxylation is 1. The summed E-state index contributed by atoms with van der Waals surface area (Å²) < 4.78 is 13.4. The van der Waals surface area contributed by atoms with Crippen LogP contribution in [0.15, 0.2) is 36.5 Å². The molecule has 1 aromatic heterocycles. The molecule has 0 saturated heterocycles. The first-order valence-corrected chi connectivity index (χ1v) is 6.14. The van der Waals surface area contributed by atoms with Crippen molar-refractivity contribution in [3.8, 4) is 0 Å². The van der Waals surface area contributed by atoms with Crippen molar-refractivity contribution in [2.24, 2.45) is 0 Å². The smallest absolute Gasteiger partial charge is 0.166 e. The number of aromatic nitrogens is 1. The number of pyridine rings is 1. The van der Waals surface area contributed by atoms with Gasteiger partial charge in [0.25, 0.3) is 0 Å². The van der Waals surface area contributed by atoms with E-state index in [1.54, 1.807) is 0 Å². The van der Waals surface area contributed by atoms with Gasteiger partial charge >= 0.3 is 0 Å². The lowest BCUT2D eigenvalue weighted by Gasteiger charge is -2.08. The zero-order valence-electron chi connectivity index (χ0n) is 10.1. The molecule has 1 heterocycles. The van der Waals surface area contributed by atoms with Gasteiger partial charge < -0.3 is 5.32 Å². The standard InChI is InChI=1S/C14H14ClFN2/c1-10-4-2-3-5-11(10)6-7-17-14-13(16)8-12(15)9-18-14/h2-5,8-9H,6-7H2,1H3,(H,17,18). The number of hydrogen-bond acceptors (Lipinski definition) is 2. The van der Waals surface area contributed by atoms with Gasteiger partial charge in [-0.05, 0) is 30.5 Å². The van der Waals surface area contributed by atoms with Crippen LogP contribution in [0.5, 0.6) is 0 Å². The third-order valence-electron chi connectivity index (χ3n) is 2.76. The molecule has 0 aliphatic rings. The highest BCUT2D eigenvalue weighted by atomic mass is 35.5. The second-order valence-electron chi connectivity index (χ2n) is 4.09. The third kappa shape index (κ3) is 3.20. The summed E-state index contributed by atoms with van der Waals surface area (Å²) in [5.74, 6) is -0.180. The molecule has 2 aromatic rings. The Bertz CT molecular complexity index is 543. The second-order valence-corrected chi connectivity index (χ2v) is 4.52. The number of rotatable bonds is 4. The lowest BCUT2D eigenvalue weighted by Crippen LogP contribution is -2.08. The minimum atomic E-state index is -0.424. The quantitative estimate of drug-likeness (QED) is 0.908. The van der Waals surface area contributed by atoms with Crippen molar-refractivity contribution in [2.75, 3.05) is 11.9 Å². The predicted molar refractivity (Wildman–Crippen MR) is 72.6 cm³/mol. The van der Waals surface area contributed by atoms with E-state index in [0.717, 1.165) is 6.42 Å². The molecule has 0 bridgehead atoms. The van der Waals surface area contributed by atoms with Crippen LogP contribution in [0.2, 0.25) is 5.02 Å². The van der Waals surface area contributed by atoms with Gasteiger partial charge in [-0.1, -0.05) is 35.9 Å². The van der Waals surface area contributed by atoms with Crippen molar-refractivity contribution in [3.63, 3.8) is 0 Å². The van der Waals surface area contributed by atoms with Crippen molar-refractivity contribution < 1.29 is 4.39 Å². The molecule has 0 amide bonds. The predicted octanol–water partition coefficient (Wildman–Crippen LogP) is 3.84. The summed E-state index contributed by atoms with van der Waals surface area (Å²) in [6.45, 7) is 2.70. The fourth-order valence-electron chi connectivity index (χ4n) is 1.75. The van der Waals surface area contributed by atoms with Gasteiger partial charge in [-0.3, -0.25) is 0 Å². The van der Waals surface area contributed by atoms with Crippen molar-refractivity contribution in [1.29, 1.82) is 0 Å². The Morgan fingerprint density at radius 3 is 2.83 bits per heavy atom. The third-order valence-corrected chi connectivity index (χ3v) is 2.96. The largest absolute Gasteiger partial charge is 0.367 e. The van der Waals surface area contributed by atoms with E-state index >= 15 is 0 Å². The first-order valence-electron chi connectivity index (χ1n) is 5.76. The molecular formula is C14H14ClFN2. The topological polar surface area (TPSA) is 24.9 Å². The van der Waals surface area contributed by atoms with Crippen molar-refractivity contribution in [2.45, 2.75) is 13.3 Å². The lowest BCUT2D eigenvalue weighted by molar-refractivity contribution is 0.624. The van der Waals surface area contributed by atoms with Crippen molar-refractivity contribution in [1.82, 2.24) is 4.98 Å². The summed E-state index contributed by atoms with van der Waals surface area (Å²) in [4.78, 5) is 3.91. The van der Waals surface area contributed by atoms with Crippen molar-refractivity contribution >= 4 is 17.4 Å². The molecule has 0 spiro atoms. The monoisotopic (exact) mass is 264 g/mol. The van der Waals surface area contributed by atoms with Crippen LogP contribution < -0.4 is 5.32 Å². The molecule has 4 heteroatoms. The number of nitrogens with zero attached hydrogens (tertiary/aromatic N) is 1. The molecule has 0 atom stereocenters. The molecule has 0 saturated carbocycles. The number of hydrogen-bond donors (Lipinski definition) is 1. The zero-order valence-corrected chi connectivity index (χ0v) is 10.8. The molecule has 2 nitrogen and oxygen atoms in total. The highest BCUT2D eigenvalue weighted by Gasteiger charge is 2.04. The molecular weight excluding hydrogens is 251 g/mol. The SMILES string of the molecule is Cc1ccccc1CCNc1ncc(Cl)cc1F. The van der Waals surface area contributed by atoms with Gasteiger partial charge in [0.1, 0.15) is 0 Å². The Morgan fingerprint density at radius 1 is 1.33 bits per heavy atom. The summed E-state index contributed by atoms with van der Waals surface area (Å²) in [6, 6.07) is 9.40. The number of halogens is 2. The summed E-state index contributed by atoms with van der Waals surface area (Å²) in [7, 11) is 0. The summed E-state index contributed by atoms with van der Waals surface area (Å²) in [5.41, 5.74) is 2.49. The zero-order chi connectivity index (χ0) is 13.0. The van der Waals surface area contributed by atoms with Crippen LogP contribution in [0.4, 0.5) is 10.2 Å². The van der Waals surface area contributed by atoms with Crippen LogP contribution in [0, 0.1) is 12.7 Å². The van der Waals surface area contributed by atoms with Crippen LogP contribution >= 0.6 is 11.6 Å². The van der Waals surface area contributed by atoms with Crippen LogP contribution in [-0.4, -0.2) is 11.5 Å². The van der Waals surface area contributed by atoms with Gasteiger partial charge in [0, 0.05) is 12.7 Å². The Morgan fingerprint density at radius 2 is 2.11 bits per heavy atom. The molecule has 1 aromatic carbocycles. The fraction of sp³-hybridized carbons (Fsp3) is 0.214. The minimum Gasteiger partial charge on any atom is -0.367 e. The molecule has 94 valence electrons. The van der Waals surface area contributed by atoms with E-state index in [-0.39, 0.29) is 5.82 Å². The molecule has 18 heavy (non-hydrogen) atoms. The minimum absolute atomic E-state index is 0.244. The average molecular weight is 265 g/mol. The molecule has 0 fully saturated rings. The fourth-order valence-corrected chi connectivity index (χ4v) is 1.90. The first-order chi connectivity index (χ1) is 8.66. The van der Waals surface area contributed by atoms with Gasteiger partial charge in [0.2, 0.25) is 0 Å². The molecule has 1 N–H and O–H groups in total. The Hall–Kier alpha value is -1.61. The lowest BCUT2D eigenvalue weighted by atomic mass is 10.1. The Labute approximate surface area is 111 Å². The van der Waals surface area contributed by atoms with Crippen LogP contribution in [0.1, 0.15) is 11.1 Å². The van der Waals surface area contributed by atoms with Crippen LogP contribution in [0.3, 0.4) is 0 Å². The molecule has 0 aliphatic carbocycles. The van der Waals surface area contributed by atoms with Crippen LogP contribution in [-0.2, 0) is 6.42 Å². The highest BCUT2D eigenvalue weighted by molar-refractivity contribution is 6.30. The number of benzene rings is 1. The van der Waals surface area contributed by atoms with Gasteiger partial charge in [-0.2, -0.15) is 0 Å². The average Bonchev–Trinajstić information content (AvgIpc) is 2.34. The van der Waals surface area contributed by atoms with Crippen molar-refractivity contribution in [3.05, 3.63) is 58.5 Å². The van der Waals surface area contributed by atoms with Gasteiger partial charge in [-0.15, -0.1) is 0 Å². The maximum Gasteiger partial charge on any atom is 0.166 e. The highest BCUT2D eigenvalue weighted by Crippen LogP contribution is 2.15. The van der Waals surface area contributed by atoms with Gasteiger partial charge in [0.05, 0.1) is 5.02 Å². The second kappa shape index (κ2) is 5.83. The normalized spacial score (nSPS) is 10.4. The maximum atomic E-state index is 13.4. The van der Waals surface area contributed by atoms with Gasteiger partial charge in [0.15, 0.2) is 11.6 Å². The summed E-state index contributed by atoms with van der Waals surface area (Å²) in [6.07, 6.45) is 2.26. The Balaban J connectivity index is 1.95. The van der Waals surface area contributed by atoms with E-state index in [2.05, 4.69) is 29.4 Å². The maximum absolute atomic E-state index is 13.4. The molecule has 0 radical (unpaired) electrons. The summed E-state index contributed by atoms with van der Waals surface area (Å²) in [5, 5.41) is 3.27. The Kier molecular flexibility index (Phi) is 4.15. The first kappa shape index (κ1) is 12.8. The van der Waals surface area contributed by atoms with E-state index in [4.69, 9.17) is 11.6 Å². The number of nitrogens with one attached hydrogen (secondary N) is 1. The summed E-state index contributed by atoms with van der Waals surface area (Å²) >= 11 is 5.64. The van der Waals surface area contributed by atoms with Gasteiger partial charge in [-0.25, -0.2) is 9.37 Å². The van der Waals surface area contributed by atoms with E-state index < -0.39 is 5.82 Å². The molecule has 2 rings (SSSR count).